The van der Waals surface area contributed by atoms with Gasteiger partial charge in [0.05, 0.1) is 0 Å². The van der Waals surface area contributed by atoms with Gasteiger partial charge in [0.15, 0.2) is 0 Å². The Balaban J connectivity index is 1.48. The van der Waals surface area contributed by atoms with E-state index in [0.717, 1.165) is 5.56 Å². The van der Waals surface area contributed by atoms with E-state index in [2.05, 4.69) is 15.3 Å². The van der Waals surface area contributed by atoms with Crippen molar-refractivity contribution in [3.63, 3.8) is 0 Å². The Morgan fingerprint density at radius 2 is 1.62 bits per heavy atom. The van der Waals surface area contributed by atoms with Gasteiger partial charge < -0.3 is 15.1 Å². The lowest BCUT2D eigenvalue weighted by Gasteiger charge is -2.34. The number of rotatable bonds is 3. The number of carbonyl (C=O) groups is 2. The number of nitrogens with one attached hydrogen (secondary N) is 1. The van der Waals surface area contributed by atoms with Crippen molar-refractivity contribution in [1.82, 2.24) is 20.2 Å². The first-order valence-corrected chi connectivity index (χ1v) is 7.87. The second-order valence-corrected chi connectivity index (χ2v) is 5.50. The second-order valence-electron chi connectivity index (χ2n) is 5.50. The van der Waals surface area contributed by atoms with Crippen LogP contribution in [0.3, 0.4) is 0 Å². The number of benzene rings is 1. The molecule has 1 aliphatic heterocycles. The first kappa shape index (κ1) is 15.9. The van der Waals surface area contributed by atoms with Crippen molar-refractivity contribution in [3.8, 4) is 0 Å². The average Bonchev–Trinajstić information content (AvgIpc) is 2.67. The van der Waals surface area contributed by atoms with Gasteiger partial charge in [-0.05, 0) is 11.6 Å². The van der Waals surface area contributed by atoms with Crippen molar-refractivity contribution in [3.05, 3.63) is 54.4 Å². The van der Waals surface area contributed by atoms with Crippen LogP contribution in [0.25, 0.3) is 0 Å². The van der Waals surface area contributed by atoms with Gasteiger partial charge in [0.25, 0.3) is 0 Å². The SMILES string of the molecule is O=C(NCc1ccccc1)C(=O)N1CCN(c2ncccn2)CC1. The van der Waals surface area contributed by atoms with Gasteiger partial charge in [0.2, 0.25) is 5.95 Å². The molecule has 24 heavy (non-hydrogen) atoms. The fraction of sp³-hybridized carbons (Fsp3) is 0.294. The molecule has 0 bridgehead atoms. The highest BCUT2D eigenvalue weighted by atomic mass is 16.2. The number of nitrogens with zero attached hydrogens (tertiary/aromatic N) is 4. The number of hydrogen-bond acceptors (Lipinski definition) is 5. The third-order valence-electron chi connectivity index (χ3n) is 3.89. The number of carbonyl (C=O) groups excluding carboxylic acids is 2. The second kappa shape index (κ2) is 7.54. The molecule has 0 spiro atoms. The Morgan fingerprint density at radius 3 is 2.29 bits per heavy atom. The van der Waals surface area contributed by atoms with Crippen LogP contribution in [0.1, 0.15) is 5.56 Å². The largest absolute Gasteiger partial charge is 0.344 e. The molecule has 1 aromatic heterocycles. The molecule has 3 rings (SSSR count). The van der Waals surface area contributed by atoms with E-state index in [1.165, 1.54) is 0 Å². The summed E-state index contributed by atoms with van der Waals surface area (Å²) in [7, 11) is 0. The van der Waals surface area contributed by atoms with Crippen molar-refractivity contribution in [1.29, 1.82) is 0 Å². The lowest BCUT2D eigenvalue weighted by molar-refractivity contribution is -0.146. The highest BCUT2D eigenvalue weighted by Crippen LogP contribution is 2.09. The summed E-state index contributed by atoms with van der Waals surface area (Å²) in [5, 5.41) is 2.67. The average molecular weight is 325 g/mol. The zero-order valence-electron chi connectivity index (χ0n) is 13.3. The number of hydrogen-bond donors (Lipinski definition) is 1. The summed E-state index contributed by atoms with van der Waals surface area (Å²) in [6, 6.07) is 11.3. The van der Waals surface area contributed by atoms with Crippen LogP contribution in [-0.2, 0) is 16.1 Å². The maximum atomic E-state index is 12.2. The van der Waals surface area contributed by atoms with Gasteiger partial charge >= 0.3 is 11.8 Å². The standard InChI is InChI=1S/C17H19N5O2/c23-15(20-13-14-5-2-1-3-6-14)16(24)21-9-11-22(12-10-21)17-18-7-4-8-19-17/h1-8H,9-13H2,(H,20,23). The molecule has 2 amide bonds. The predicted molar refractivity (Wildman–Crippen MR) is 89.1 cm³/mol. The summed E-state index contributed by atoms with van der Waals surface area (Å²) >= 11 is 0. The first-order valence-electron chi connectivity index (χ1n) is 7.87. The molecule has 0 saturated carbocycles. The molecule has 0 radical (unpaired) electrons. The van der Waals surface area contributed by atoms with Crippen LogP contribution in [0.2, 0.25) is 0 Å². The molecule has 1 saturated heterocycles. The van der Waals surface area contributed by atoms with Gasteiger partial charge in [-0.3, -0.25) is 9.59 Å². The molecule has 1 aliphatic rings. The minimum Gasteiger partial charge on any atom is -0.344 e. The van der Waals surface area contributed by atoms with Gasteiger partial charge in [0, 0.05) is 45.1 Å². The van der Waals surface area contributed by atoms with Crippen LogP contribution in [0.15, 0.2) is 48.8 Å². The van der Waals surface area contributed by atoms with E-state index in [1.807, 2.05) is 35.2 Å². The Kier molecular flexibility index (Phi) is 5.00. The molecule has 1 N–H and O–H groups in total. The van der Waals surface area contributed by atoms with Crippen LogP contribution in [0.5, 0.6) is 0 Å². The van der Waals surface area contributed by atoms with E-state index in [-0.39, 0.29) is 0 Å². The zero-order valence-corrected chi connectivity index (χ0v) is 13.3. The first-order chi connectivity index (χ1) is 11.7. The molecule has 2 aromatic rings. The number of anilines is 1. The molecule has 0 atom stereocenters. The van der Waals surface area contributed by atoms with E-state index < -0.39 is 11.8 Å². The Hall–Kier alpha value is -2.96. The van der Waals surface area contributed by atoms with Crippen LogP contribution in [-0.4, -0.2) is 52.9 Å². The summed E-state index contributed by atoms with van der Waals surface area (Å²) in [5.74, 6) is -0.402. The maximum Gasteiger partial charge on any atom is 0.312 e. The van der Waals surface area contributed by atoms with E-state index in [1.54, 1.807) is 23.4 Å². The summed E-state index contributed by atoms with van der Waals surface area (Å²) in [5.41, 5.74) is 0.963. The number of aromatic nitrogens is 2. The highest BCUT2D eigenvalue weighted by molar-refractivity contribution is 6.35. The Labute approximate surface area is 140 Å². The molecule has 0 aliphatic carbocycles. The molecule has 7 nitrogen and oxygen atoms in total. The van der Waals surface area contributed by atoms with Crippen LogP contribution < -0.4 is 10.2 Å². The van der Waals surface area contributed by atoms with Crippen molar-refractivity contribution < 1.29 is 9.59 Å². The molecule has 2 heterocycles. The Morgan fingerprint density at radius 1 is 0.958 bits per heavy atom. The maximum absolute atomic E-state index is 12.2. The third-order valence-corrected chi connectivity index (χ3v) is 3.89. The molecular formula is C17H19N5O2. The molecular weight excluding hydrogens is 306 g/mol. The molecule has 1 aromatic carbocycles. The van der Waals surface area contributed by atoms with Crippen molar-refractivity contribution in [2.75, 3.05) is 31.1 Å². The van der Waals surface area contributed by atoms with Gasteiger partial charge in [-0.25, -0.2) is 9.97 Å². The number of amides is 2. The molecule has 1 fully saturated rings. The van der Waals surface area contributed by atoms with E-state index in [4.69, 9.17) is 0 Å². The van der Waals surface area contributed by atoms with E-state index in [9.17, 15) is 9.59 Å². The normalized spacial score (nSPS) is 14.3. The van der Waals surface area contributed by atoms with Crippen LogP contribution >= 0.6 is 0 Å². The summed E-state index contributed by atoms with van der Waals surface area (Å²) in [4.78, 5) is 36.2. The molecule has 0 unspecified atom stereocenters. The van der Waals surface area contributed by atoms with Crippen LogP contribution in [0, 0.1) is 0 Å². The fourth-order valence-corrected chi connectivity index (χ4v) is 2.56. The molecule has 124 valence electrons. The highest BCUT2D eigenvalue weighted by Gasteiger charge is 2.26. The molecule has 7 heteroatoms. The quantitative estimate of drug-likeness (QED) is 0.829. The topological polar surface area (TPSA) is 78.4 Å². The van der Waals surface area contributed by atoms with Gasteiger partial charge in [0.1, 0.15) is 0 Å². The number of piperazine rings is 1. The van der Waals surface area contributed by atoms with Crippen LogP contribution in [0.4, 0.5) is 5.95 Å². The monoisotopic (exact) mass is 325 g/mol. The summed E-state index contributed by atoms with van der Waals surface area (Å²) in [6.07, 6.45) is 3.38. The summed E-state index contributed by atoms with van der Waals surface area (Å²) < 4.78 is 0. The van der Waals surface area contributed by atoms with Crippen molar-refractivity contribution in [2.24, 2.45) is 0 Å². The zero-order chi connectivity index (χ0) is 16.8. The van der Waals surface area contributed by atoms with Crippen molar-refractivity contribution in [2.45, 2.75) is 6.54 Å². The van der Waals surface area contributed by atoms with E-state index in [0.29, 0.717) is 38.7 Å². The smallest absolute Gasteiger partial charge is 0.312 e. The predicted octanol–water partition coefficient (Wildman–Crippen LogP) is 0.442. The van der Waals surface area contributed by atoms with Gasteiger partial charge in [-0.2, -0.15) is 0 Å². The fourth-order valence-electron chi connectivity index (χ4n) is 2.56. The minimum atomic E-state index is -0.566. The van der Waals surface area contributed by atoms with Gasteiger partial charge in [-0.15, -0.1) is 0 Å². The van der Waals surface area contributed by atoms with Gasteiger partial charge in [-0.1, -0.05) is 30.3 Å². The van der Waals surface area contributed by atoms with E-state index >= 15 is 0 Å². The lowest BCUT2D eigenvalue weighted by Crippen LogP contribution is -2.52. The minimum absolute atomic E-state index is 0.350. The summed E-state index contributed by atoms with van der Waals surface area (Å²) in [6.45, 7) is 2.54. The van der Waals surface area contributed by atoms with Crippen molar-refractivity contribution >= 4 is 17.8 Å². The Bertz CT molecular complexity index is 685. The lowest BCUT2D eigenvalue weighted by atomic mass is 10.2. The third kappa shape index (κ3) is 3.87.